The van der Waals surface area contributed by atoms with Crippen LogP contribution in [0.3, 0.4) is 0 Å². The summed E-state index contributed by atoms with van der Waals surface area (Å²) in [5, 5.41) is 6.96. The Kier molecular flexibility index (Phi) is 6.09. The first-order chi connectivity index (χ1) is 16.5. The first-order valence-corrected chi connectivity index (χ1v) is 11.8. The molecule has 1 aromatic heterocycles. The fourth-order valence-electron chi connectivity index (χ4n) is 3.96. The molecule has 176 valence electrons. The number of hydrogen-bond acceptors (Lipinski definition) is 5. The number of amides is 2. The van der Waals surface area contributed by atoms with E-state index in [0.29, 0.717) is 36.1 Å². The molecular formula is C27H29N3O4. The van der Waals surface area contributed by atoms with E-state index in [0.717, 1.165) is 48.3 Å². The van der Waals surface area contributed by atoms with Crippen LogP contribution in [0.1, 0.15) is 69.0 Å². The van der Waals surface area contributed by atoms with Gasteiger partial charge in [0, 0.05) is 29.8 Å². The smallest absolute Gasteiger partial charge is 0.254 e. The molecule has 7 nitrogen and oxygen atoms in total. The van der Waals surface area contributed by atoms with Crippen LogP contribution in [0.25, 0.3) is 0 Å². The average Bonchev–Trinajstić information content (AvgIpc) is 3.77. The fourth-order valence-corrected chi connectivity index (χ4v) is 3.96. The number of nitrogens with zero attached hydrogens (tertiary/aromatic N) is 2. The van der Waals surface area contributed by atoms with Gasteiger partial charge in [-0.2, -0.15) is 0 Å². The Hall–Kier alpha value is -3.61. The SMILES string of the molecule is Cc1noc(C)c1COc1cccc(C(=O)N(Cc2ccc(C(=O)NC3CC3)cc2)C2CC2)c1. The van der Waals surface area contributed by atoms with Gasteiger partial charge in [-0.25, -0.2) is 0 Å². The summed E-state index contributed by atoms with van der Waals surface area (Å²) in [4.78, 5) is 27.6. The maximum Gasteiger partial charge on any atom is 0.254 e. The Morgan fingerprint density at radius 1 is 1.06 bits per heavy atom. The molecular weight excluding hydrogens is 430 g/mol. The summed E-state index contributed by atoms with van der Waals surface area (Å²) in [6, 6.07) is 15.4. The second kappa shape index (κ2) is 9.33. The lowest BCUT2D eigenvalue weighted by atomic mass is 10.1. The Morgan fingerprint density at radius 3 is 2.47 bits per heavy atom. The van der Waals surface area contributed by atoms with Gasteiger partial charge in [-0.1, -0.05) is 23.4 Å². The van der Waals surface area contributed by atoms with E-state index in [1.165, 1.54) is 0 Å². The Balaban J connectivity index is 1.25. The largest absolute Gasteiger partial charge is 0.489 e. The van der Waals surface area contributed by atoms with Crippen molar-refractivity contribution in [2.24, 2.45) is 0 Å². The van der Waals surface area contributed by atoms with Crippen LogP contribution in [0.4, 0.5) is 0 Å². The van der Waals surface area contributed by atoms with Gasteiger partial charge in [0.1, 0.15) is 18.1 Å². The van der Waals surface area contributed by atoms with Crippen LogP contribution in [0.5, 0.6) is 5.75 Å². The van der Waals surface area contributed by atoms with Gasteiger partial charge in [0.2, 0.25) is 0 Å². The number of carbonyl (C=O) groups is 2. The zero-order chi connectivity index (χ0) is 23.7. The molecule has 7 heteroatoms. The van der Waals surface area contributed by atoms with Gasteiger partial charge in [0.15, 0.2) is 0 Å². The quantitative estimate of drug-likeness (QED) is 0.507. The van der Waals surface area contributed by atoms with Crippen LogP contribution in [0, 0.1) is 13.8 Å². The van der Waals surface area contributed by atoms with Crippen molar-refractivity contribution < 1.29 is 18.8 Å². The summed E-state index contributed by atoms with van der Waals surface area (Å²) in [6.07, 6.45) is 4.15. The number of nitrogens with one attached hydrogen (secondary N) is 1. The van der Waals surface area contributed by atoms with Gasteiger partial charge in [0.05, 0.1) is 11.3 Å². The molecule has 2 aliphatic carbocycles. The molecule has 1 heterocycles. The lowest BCUT2D eigenvalue weighted by molar-refractivity contribution is 0.0729. The van der Waals surface area contributed by atoms with E-state index in [1.54, 1.807) is 6.07 Å². The fraction of sp³-hybridized carbons (Fsp3) is 0.370. The van der Waals surface area contributed by atoms with Crippen LogP contribution < -0.4 is 10.1 Å². The molecule has 2 amide bonds. The third-order valence-electron chi connectivity index (χ3n) is 6.38. The predicted molar refractivity (Wildman–Crippen MR) is 127 cm³/mol. The van der Waals surface area contributed by atoms with Crippen LogP contribution in [-0.4, -0.2) is 34.0 Å². The van der Waals surface area contributed by atoms with E-state index in [2.05, 4.69) is 10.5 Å². The zero-order valence-electron chi connectivity index (χ0n) is 19.5. The van der Waals surface area contributed by atoms with E-state index < -0.39 is 0 Å². The molecule has 2 saturated carbocycles. The lowest BCUT2D eigenvalue weighted by Gasteiger charge is -2.23. The number of ether oxygens (including phenoxy) is 1. The maximum absolute atomic E-state index is 13.4. The molecule has 0 saturated heterocycles. The molecule has 0 radical (unpaired) electrons. The van der Waals surface area contributed by atoms with Gasteiger partial charge < -0.3 is 19.5 Å². The van der Waals surface area contributed by atoms with Crippen LogP contribution in [-0.2, 0) is 13.2 Å². The minimum absolute atomic E-state index is 0.0131. The van der Waals surface area contributed by atoms with Crippen molar-refractivity contribution in [2.45, 2.75) is 64.8 Å². The van der Waals surface area contributed by atoms with Crippen molar-refractivity contribution in [3.63, 3.8) is 0 Å². The standard InChI is InChI=1S/C27H29N3O4/c1-17-25(18(2)34-29-17)16-33-24-5-3-4-21(14-24)27(32)30(23-12-13-23)15-19-6-8-20(9-7-19)26(31)28-22-10-11-22/h3-9,14,22-23H,10-13,15-16H2,1-2H3,(H,28,31). The highest BCUT2D eigenvalue weighted by molar-refractivity contribution is 5.95. The minimum atomic E-state index is -0.0300. The summed E-state index contributed by atoms with van der Waals surface area (Å²) in [6.45, 7) is 4.59. The minimum Gasteiger partial charge on any atom is -0.489 e. The number of aryl methyl sites for hydroxylation is 2. The molecule has 1 N–H and O–H groups in total. The van der Waals surface area contributed by atoms with E-state index in [9.17, 15) is 9.59 Å². The third-order valence-corrected chi connectivity index (χ3v) is 6.38. The summed E-state index contributed by atoms with van der Waals surface area (Å²) < 4.78 is 11.1. The van der Waals surface area contributed by atoms with E-state index in [4.69, 9.17) is 9.26 Å². The number of benzene rings is 2. The zero-order valence-corrected chi connectivity index (χ0v) is 19.5. The monoisotopic (exact) mass is 459 g/mol. The van der Waals surface area contributed by atoms with Gasteiger partial charge in [-0.3, -0.25) is 9.59 Å². The number of carbonyl (C=O) groups excluding carboxylic acids is 2. The van der Waals surface area contributed by atoms with Crippen molar-refractivity contribution in [1.82, 2.24) is 15.4 Å². The molecule has 2 aliphatic rings. The Bertz CT molecular complexity index is 1170. The average molecular weight is 460 g/mol. The van der Waals surface area contributed by atoms with E-state index >= 15 is 0 Å². The molecule has 0 unspecified atom stereocenters. The highest BCUT2D eigenvalue weighted by Gasteiger charge is 2.33. The first-order valence-electron chi connectivity index (χ1n) is 11.8. The third kappa shape index (κ3) is 5.14. The van der Waals surface area contributed by atoms with Gasteiger partial charge in [-0.05, 0) is 75.4 Å². The van der Waals surface area contributed by atoms with Crippen molar-refractivity contribution >= 4 is 11.8 Å². The van der Waals surface area contributed by atoms with Crippen LogP contribution in [0.2, 0.25) is 0 Å². The highest BCUT2D eigenvalue weighted by atomic mass is 16.5. The van der Waals surface area contributed by atoms with Crippen molar-refractivity contribution in [3.8, 4) is 5.75 Å². The van der Waals surface area contributed by atoms with E-state index in [-0.39, 0.29) is 17.9 Å². The second-order valence-electron chi connectivity index (χ2n) is 9.23. The highest BCUT2D eigenvalue weighted by Crippen LogP contribution is 2.31. The Labute approximate surface area is 199 Å². The summed E-state index contributed by atoms with van der Waals surface area (Å²) >= 11 is 0. The molecule has 2 aromatic carbocycles. The Morgan fingerprint density at radius 2 is 1.82 bits per heavy atom. The molecule has 5 rings (SSSR count). The first kappa shape index (κ1) is 22.2. The molecule has 2 fully saturated rings. The number of rotatable bonds is 9. The summed E-state index contributed by atoms with van der Waals surface area (Å²) in [7, 11) is 0. The normalized spacial score (nSPS) is 15.1. The molecule has 0 spiro atoms. The molecule has 0 bridgehead atoms. The van der Waals surface area contributed by atoms with Crippen LogP contribution >= 0.6 is 0 Å². The van der Waals surface area contributed by atoms with Crippen LogP contribution in [0.15, 0.2) is 53.1 Å². The topological polar surface area (TPSA) is 84.7 Å². The molecule has 0 aliphatic heterocycles. The molecule has 3 aromatic rings. The van der Waals surface area contributed by atoms with Crippen molar-refractivity contribution in [2.75, 3.05) is 0 Å². The summed E-state index contributed by atoms with van der Waals surface area (Å²) in [5.74, 6) is 1.33. The maximum atomic E-state index is 13.4. The lowest BCUT2D eigenvalue weighted by Crippen LogP contribution is -2.32. The van der Waals surface area contributed by atoms with Gasteiger partial charge in [0.25, 0.3) is 11.8 Å². The van der Waals surface area contributed by atoms with Gasteiger partial charge in [-0.15, -0.1) is 0 Å². The number of hydrogen-bond donors (Lipinski definition) is 1. The number of aromatic nitrogens is 1. The predicted octanol–water partition coefficient (Wildman–Crippen LogP) is 4.57. The van der Waals surface area contributed by atoms with Crippen molar-refractivity contribution in [1.29, 1.82) is 0 Å². The van der Waals surface area contributed by atoms with E-state index in [1.807, 2.05) is 61.2 Å². The second-order valence-corrected chi connectivity index (χ2v) is 9.23. The molecule has 0 atom stereocenters. The summed E-state index contributed by atoms with van der Waals surface area (Å²) in [5.41, 5.74) is 3.99. The van der Waals surface area contributed by atoms with Gasteiger partial charge >= 0.3 is 0 Å². The molecule has 34 heavy (non-hydrogen) atoms. The van der Waals surface area contributed by atoms with Crippen molar-refractivity contribution in [3.05, 3.63) is 82.2 Å².